The molecule has 0 radical (unpaired) electrons. The molecular formula is C26H24N4O3. The first-order chi connectivity index (χ1) is 15.9. The number of anilines is 2. The van der Waals surface area contributed by atoms with Crippen molar-refractivity contribution in [1.29, 1.82) is 0 Å². The Kier molecular flexibility index (Phi) is 6.31. The van der Waals surface area contributed by atoms with Crippen molar-refractivity contribution in [2.45, 2.75) is 26.8 Å². The average molecular weight is 441 g/mol. The first kappa shape index (κ1) is 22.0. The van der Waals surface area contributed by atoms with Crippen LogP contribution in [0.2, 0.25) is 0 Å². The van der Waals surface area contributed by atoms with Crippen LogP contribution in [0.1, 0.15) is 27.9 Å². The summed E-state index contributed by atoms with van der Waals surface area (Å²) in [4.78, 5) is 42.5. The quantitative estimate of drug-likeness (QED) is 0.468. The summed E-state index contributed by atoms with van der Waals surface area (Å²) in [7, 11) is 0. The van der Waals surface area contributed by atoms with Crippen molar-refractivity contribution < 1.29 is 9.59 Å². The van der Waals surface area contributed by atoms with E-state index in [2.05, 4.69) is 15.6 Å². The van der Waals surface area contributed by atoms with Crippen LogP contribution < -0.4 is 16.2 Å². The number of para-hydroxylation sites is 2. The lowest BCUT2D eigenvalue weighted by molar-refractivity contribution is -0.116. The van der Waals surface area contributed by atoms with E-state index in [0.717, 1.165) is 11.1 Å². The monoisotopic (exact) mass is 440 g/mol. The molecule has 0 aliphatic carbocycles. The molecule has 0 spiro atoms. The van der Waals surface area contributed by atoms with Gasteiger partial charge in [0, 0.05) is 18.7 Å². The fraction of sp³-hybridized carbons (Fsp3) is 0.154. The molecule has 7 nitrogen and oxygen atoms in total. The zero-order valence-corrected chi connectivity index (χ0v) is 18.5. The van der Waals surface area contributed by atoms with Crippen LogP contribution in [0.15, 0.2) is 77.9 Å². The van der Waals surface area contributed by atoms with Gasteiger partial charge in [-0.1, -0.05) is 36.4 Å². The lowest BCUT2D eigenvalue weighted by Gasteiger charge is -2.12. The maximum absolute atomic E-state index is 12.8. The van der Waals surface area contributed by atoms with E-state index in [0.29, 0.717) is 27.8 Å². The summed E-state index contributed by atoms with van der Waals surface area (Å²) in [6.45, 7) is 4.03. The molecule has 0 saturated carbocycles. The van der Waals surface area contributed by atoms with Gasteiger partial charge >= 0.3 is 0 Å². The normalized spacial score (nSPS) is 10.7. The molecule has 166 valence electrons. The summed E-state index contributed by atoms with van der Waals surface area (Å²) in [5, 5.41) is 6.17. The smallest absolute Gasteiger partial charge is 0.261 e. The van der Waals surface area contributed by atoms with Crippen LogP contribution in [-0.4, -0.2) is 21.4 Å². The summed E-state index contributed by atoms with van der Waals surface area (Å²) in [6, 6.07) is 19.8. The van der Waals surface area contributed by atoms with Gasteiger partial charge in [-0.05, 0) is 55.3 Å². The molecular weight excluding hydrogens is 416 g/mol. The number of amides is 2. The van der Waals surface area contributed by atoms with E-state index >= 15 is 0 Å². The molecule has 0 fully saturated rings. The van der Waals surface area contributed by atoms with Crippen molar-refractivity contribution in [1.82, 2.24) is 9.55 Å². The molecule has 0 bridgehead atoms. The number of carbonyl (C=O) groups is 2. The highest BCUT2D eigenvalue weighted by Crippen LogP contribution is 2.18. The molecule has 0 aliphatic heterocycles. The Morgan fingerprint density at radius 3 is 2.55 bits per heavy atom. The minimum absolute atomic E-state index is 0.0622. The number of benzene rings is 3. The van der Waals surface area contributed by atoms with Crippen LogP contribution in [0.4, 0.5) is 11.4 Å². The number of hydrogen-bond donors (Lipinski definition) is 2. The molecule has 0 unspecified atom stereocenters. The second kappa shape index (κ2) is 9.48. The number of aryl methyl sites for hydroxylation is 3. The van der Waals surface area contributed by atoms with E-state index < -0.39 is 0 Å². The van der Waals surface area contributed by atoms with E-state index in [1.54, 1.807) is 30.3 Å². The Hall–Kier alpha value is -4.26. The van der Waals surface area contributed by atoms with E-state index in [9.17, 15) is 14.4 Å². The highest BCUT2D eigenvalue weighted by Gasteiger charge is 2.14. The number of hydrogen-bond acceptors (Lipinski definition) is 4. The zero-order valence-electron chi connectivity index (χ0n) is 18.5. The Morgan fingerprint density at radius 1 is 0.939 bits per heavy atom. The van der Waals surface area contributed by atoms with Gasteiger partial charge < -0.3 is 10.6 Å². The number of fused-ring (bicyclic) bond motifs is 1. The molecule has 1 aromatic heterocycles. The summed E-state index contributed by atoms with van der Waals surface area (Å²) in [6.07, 6.45) is 1.53. The molecule has 4 aromatic rings. The number of rotatable bonds is 6. The maximum atomic E-state index is 12.8. The number of nitrogens with one attached hydrogen (secondary N) is 2. The third-order valence-electron chi connectivity index (χ3n) is 5.36. The van der Waals surface area contributed by atoms with E-state index in [4.69, 9.17) is 0 Å². The summed E-state index contributed by atoms with van der Waals surface area (Å²) >= 11 is 0. The van der Waals surface area contributed by atoms with E-state index in [1.165, 1.54) is 10.9 Å². The summed E-state index contributed by atoms with van der Waals surface area (Å²) in [5.41, 5.74) is 3.88. The van der Waals surface area contributed by atoms with E-state index in [-0.39, 0.29) is 30.3 Å². The van der Waals surface area contributed by atoms with Gasteiger partial charge in [-0.3, -0.25) is 19.0 Å². The molecule has 1 heterocycles. The van der Waals surface area contributed by atoms with Gasteiger partial charge in [0.2, 0.25) is 5.91 Å². The molecule has 0 atom stereocenters. The Morgan fingerprint density at radius 2 is 1.73 bits per heavy atom. The van der Waals surface area contributed by atoms with Crippen LogP contribution in [0.3, 0.4) is 0 Å². The van der Waals surface area contributed by atoms with Gasteiger partial charge in [0.05, 0.1) is 28.5 Å². The predicted molar refractivity (Wildman–Crippen MR) is 130 cm³/mol. The fourth-order valence-electron chi connectivity index (χ4n) is 3.64. The minimum Gasteiger partial charge on any atom is -0.325 e. The summed E-state index contributed by atoms with van der Waals surface area (Å²) < 4.78 is 1.43. The first-order valence-corrected chi connectivity index (χ1v) is 10.6. The summed E-state index contributed by atoms with van der Waals surface area (Å²) in [5.74, 6) is -0.621. The van der Waals surface area contributed by atoms with Crippen LogP contribution in [0.5, 0.6) is 0 Å². The molecule has 2 N–H and O–H groups in total. The van der Waals surface area contributed by atoms with Crippen LogP contribution in [0, 0.1) is 13.8 Å². The van der Waals surface area contributed by atoms with Crippen LogP contribution in [0.25, 0.3) is 10.9 Å². The Bertz CT molecular complexity index is 1410. The van der Waals surface area contributed by atoms with Crippen molar-refractivity contribution in [3.63, 3.8) is 0 Å². The third kappa shape index (κ3) is 4.98. The lowest BCUT2D eigenvalue weighted by Crippen LogP contribution is -2.24. The van der Waals surface area contributed by atoms with Crippen LogP contribution in [-0.2, 0) is 11.3 Å². The lowest BCUT2D eigenvalue weighted by atomic mass is 10.1. The van der Waals surface area contributed by atoms with Gasteiger partial charge in [-0.15, -0.1) is 0 Å². The van der Waals surface area contributed by atoms with Crippen molar-refractivity contribution >= 4 is 34.1 Å². The van der Waals surface area contributed by atoms with Crippen molar-refractivity contribution in [3.8, 4) is 0 Å². The fourth-order valence-corrected chi connectivity index (χ4v) is 3.64. The molecule has 33 heavy (non-hydrogen) atoms. The largest absolute Gasteiger partial charge is 0.325 e. The third-order valence-corrected chi connectivity index (χ3v) is 5.36. The highest BCUT2D eigenvalue weighted by atomic mass is 16.2. The predicted octanol–water partition coefficient (Wildman–Crippen LogP) is 4.29. The van der Waals surface area contributed by atoms with Crippen molar-refractivity contribution in [2.75, 3.05) is 10.6 Å². The van der Waals surface area contributed by atoms with Gasteiger partial charge in [-0.25, -0.2) is 4.98 Å². The Labute approximate surface area is 191 Å². The van der Waals surface area contributed by atoms with E-state index in [1.807, 2.05) is 50.2 Å². The van der Waals surface area contributed by atoms with Gasteiger partial charge in [0.15, 0.2) is 0 Å². The van der Waals surface area contributed by atoms with Crippen molar-refractivity contribution in [3.05, 3.63) is 100 Å². The first-order valence-electron chi connectivity index (χ1n) is 10.6. The molecule has 0 aliphatic rings. The van der Waals surface area contributed by atoms with Crippen LogP contribution >= 0.6 is 0 Å². The van der Waals surface area contributed by atoms with Crippen molar-refractivity contribution in [2.24, 2.45) is 0 Å². The highest BCUT2D eigenvalue weighted by molar-refractivity contribution is 6.10. The topological polar surface area (TPSA) is 93.1 Å². The standard InChI is InChI=1S/C26H24N4O3/c1-17-7-5-9-19(15-17)28-25(32)20-10-3-4-12-22(20)29-23(31)13-14-30-16-27-24-18(2)8-6-11-21(24)26(30)33/h3-12,15-16H,13-14H2,1-2H3,(H,28,32)(H,29,31). The average Bonchev–Trinajstić information content (AvgIpc) is 2.79. The number of carbonyl (C=O) groups excluding carboxylic acids is 2. The van der Waals surface area contributed by atoms with Gasteiger partial charge in [0.1, 0.15) is 0 Å². The molecule has 0 saturated heterocycles. The number of aromatic nitrogens is 2. The minimum atomic E-state index is -0.318. The molecule has 2 amide bonds. The second-order valence-corrected chi connectivity index (χ2v) is 7.88. The number of nitrogens with zero attached hydrogens (tertiary/aromatic N) is 2. The van der Waals surface area contributed by atoms with Gasteiger partial charge in [-0.2, -0.15) is 0 Å². The second-order valence-electron chi connectivity index (χ2n) is 7.88. The SMILES string of the molecule is Cc1cccc(NC(=O)c2ccccc2NC(=O)CCn2cnc3c(C)cccc3c2=O)c1. The molecule has 4 rings (SSSR count). The zero-order chi connectivity index (χ0) is 23.4. The van der Waals surface area contributed by atoms with Gasteiger partial charge in [0.25, 0.3) is 11.5 Å². The maximum Gasteiger partial charge on any atom is 0.261 e. The molecule has 7 heteroatoms. The Balaban J connectivity index is 1.45. The molecule has 3 aromatic carbocycles.